The van der Waals surface area contributed by atoms with E-state index in [0.29, 0.717) is 5.56 Å². The van der Waals surface area contributed by atoms with Gasteiger partial charge in [-0.15, -0.1) is 0 Å². The van der Waals surface area contributed by atoms with Gasteiger partial charge in [0.1, 0.15) is 17.6 Å². The van der Waals surface area contributed by atoms with E-state index in [0.717, 1.165) is 15.5 Å². The SMILES string of the molecule is COc1ccc(C#N)c(Sc2ccc(O)cc2)c1. The molecule has 0 aliphatic rings. The van der Waals surface area contributed by atoms with Crippen LogP contribution >= 0.6 is 11.8 Å². The molecule has 0 aliphatic heterocycles. The molecule has 2 aromatic rings. The van der Waals surface area contributed by atoms with Crippen molar-refractivity contribution in [3.05, 3.63) is 48.0 Å². The van der Waals surface area contributed by atoms with Crippen molar-refractivity contribution >= 4 is 11.8 Å². The summed E-state index contributed by atoms with van der Waals surface area (Å²) in [5.74, 6) is 0.945. The number of phenolic OH excluding ortho intramolecular Hbond substituents is 1. The third kappa shape index (κ3) is 2.76. The van der Waals surface area contributed by atoms with Gasteiger partial charge in [0.15, 0.2) is 0 Å². The van der Waals surface area contributed by atoms with E-state index in [1.165, 1.54) is 11.8 Å². The van der Waals surface area contributed by atoms with Gasteiger partial charge in [-0.1, -0.05) is 11.8 Å². The Kier molecular flexibility index (Phi) is 3.75. The van der Waals surface area contributed by atoms with Gasteiger partial charge in [-0.05, 0) is 42.5 Å². The van der Waals surface area contributed by atoms with E-state index in [9.17, 15) is 5.11 Å². The van der Waals surface area contributed by atoms with Gasteiger partial charge in [0, 0.05) is 9.79 Å². The fourth-order valence-electron chi connectivity index (χ4n) is 1.45. The van der Waals surface area contributed by atoms with Gasteiger partial charge in [0.2, 0.25) is 0 Å². The van der Waals surface area contributed by atoms with E-state index >= 15 is 0 Å². The van der Waals surface area contributed by atoms with E-state index in [1.54, 1.807) is 43.5 Å². The molecule has 0 spiro atoms. The molecule has 4 heteroatoms. The minimum atomic E-state index is 0.227. The lowest BCUT2D eigenvalue weighted by Crippen LogP contribution is -1.86. The van der Waals surface area contributed by atoms with Gasteiger partial charge in [0.25, 0.3) is 0 Å². The number of ether oxygens (including phenoxy) is 1. The number of nitrogens with zero attached hydrogens (tertiary/aromatic N) is 1. The zero-order valence-electron chi connectivity index (χ0n) is 9.75. The van der Waals surface area contributed by atoms with Crippen molar-refractivity contribution in [1.29, 1.82) is 5.26 Å². The standard InChI is InChI=1S/C14H11NO2S/c1-17-12-5-2-10(9-15)14(8-12)18-13-6-3-11(16)4-7-13/h2-8,16H,1H3. The number of phenols is 1. The van der Waals surface area contributed by atoms with E-state index in [-0.39, 0.29) is 5.75 Å². The maximum absolute atomic E-state index is 9.22. The monoisotopic (exact) mass is 257 g/mol. The molecule has 18 heavy (non-hydrogen) atoms. The highest BCUT2D eigenvalue weighted by atomic mass is 32.2. The Balaban J connectivity index is 2.32. The molecule has 90 valence electrons. The summed E-state index contributed by atoms with van der Waals surface area (Å²) in [4.78, 5) is 1.79. The summed E-state index contributed by atoms with van der Waals surface area (Å²) in [7, 11) is 1.59. The Morgan fingerprint density at radius 1 is 1.17 bits per heavy atom. The van der Waals surface area contributed by atoms with Gasteiger partial charge >= 0.3 is 0 Å². The smallest absolute Gasteiger partial charge is 0.120 e. The van der Waals surface area contributed by atoms with Gasteiger partial charge < -0.3 is 9.84 Å². The number of hydrogen-bond acceptors (Lipinski definition) is 4. The lowest BCUT2D eigenvalue weighted by atomic mass is 10.2. The molecule has 2 aromatic carbocycles. The molecule has 3 nitrogen and oxygen atoms in total. The molecule has 0 saturated heterocycles. The molecule has 1 N–H and O–H groups in total. The Morgan fingerprint density at radius 2 is 1.89 bits per heavy atom. The molecular formula is C14H11NO2S. The highest BCUT2D eigenvalue weighted by Crippen LogP contribution is 2.33. The molecule has 0 amide bonds. The topological polar surface area (TPSA) is 53.2 Å². The molecule has 0 radical (unpaired) electrons. The molecule has 0 aliphatic carbocycles. The van der Waals surface area contributed by atoms with Crippen molar-refractivity contribution in [2.45, 2.75) is 9.79 Å². The normalized spacial score (nSPS) is 9.78. The van der Waals surface area contributed by atoms with Crippen LogP contribution in [0.15, 0.2) is 52.3 Å². The predicted octanol–water partition coefficient (Wildman–Crippen LogP) is 3.42. The zero-order valence-corrected chi connectivity index (χ0v) is 10.6. The summed E-state index contributed by atoms with van der Waals surface area (Å²) in [5.41, 5.74) is 0.605. The molecule has 0 aromatic heterocycles. The van der Waals surface area contributed by atoms with Gasteiger partial charge in [0.05, 0.1) is 12.7 Å². The summed E-state index contributed by atoms with van der Waals surface area (Å²) in [5, 5.41) is 18.3. The Bertz CT molecular complexity index is 588. The molecule has 0 fully saturated rings. The number of benzene rings is 2. The lowest BCUT2D eigenvalue weighted by molar-refractivity contribution is 0.413. The molecule has 0 heterocycles. The maximum atomic E-state index is 9.22. The van der Waals surface area contributed by atoms with Gasteiger partial charge in [-0.3, -0.25) is 0 Å². The highest BCUT2D eigenvalue weighted by Gasteiger charge is 2.06. The van der Waals surface area contributed by atoms with Crippen LogP contribution in [0.5, 0.6) is 11.5 Å². The Morgan fingerprint density at radius 3 is 2.50 bits per heavy atom. The van der Waals surface area contributed by atoms with Gasteiger partial charge in [-0.25, -0.2) is 0 Å². The van der Waals surface area contributed by atoms with Crippen molar-refractivity contribution in [3.8, 4) is 17.6 Å². The summed E-state index contributed by atoms with van der Waals surface area (Å²) in [6.45, 7) is 0. The minimum absolute atomic E-state index is 0.227. The molecule has 0 atom stereocenters. The minimum Gasteiger partial charge on any atom is -0.508 e. The van der Waals surface area contributed by atoms with E-state index in [4.69, 9.17) is 10.00 Å². The van der Waals surface area contributed by atoms with Crippen LogP contribution in [0.3, 0.4) is 0 Å². The van der Waals surface area contributed by atoms with Crippen molar-refractivity contribution in [2.75, 3.05) is 7.11 Å². The maximum Gasteiger partial charge on any atom is 0.120 e. The fraction of sp³-hybridized carbons (Fsp3) is 0.0714. The van der Waals surface area contributed by atoms with E-state index in [1.807, 2.05) is 6.07 Å². The Labute approximate surface area is 110 Å². The van der Waals surface area contributed by atoms with Crippen molar-refractivity contribution < 1.29 is 9.84 Å². The largest absolute Gasteiger partial charge is 0.508 e. The first-order valence-electron chi connectivity index (χ1n) is 5.28. The number of rotatable bonds is 3. The number of methoxy groups -OCH3 is 1. The summed E-state index contributed by atoms with van der Waals surface area (Å²) in [6.07, 6.45) is 0. The van der Waals surface area contributed by atoms with Crippen LogP contribution in [0, 0.1) is 11.3 Å². The predicted molar refractivity (Wildman–Crippen MR) is 69.9 cm³/mol. The summed E-state index contributed by atoms with van der Waals surface area (Å²) in [6, 6.07) is 14.3. The molecule has 0 bridgehead atoms. The van der Waals surface area contributed by atoms with Crippen LogP contribution in [-0.4, -0.2) is 12.2 Å². The fourth-order valence-corrected chi connectivity index (χ4v) is 2.37. The third-order valence-corrected chi connectivity index (χ3v) is 3.44. The van der Waals surface area contributed by atoms with E-state index in [2.05, 4.69) is 6.07 Å². The van der Waals surface area contributed by atoms with Crippen LogP contribution in [0.1, 0.15) is 5.56 Å². The number of aromatic hydroxyl groups is 1. The van der Waals surface area contributed by atoms with Crippen LogP contribution in [0.4, 0.5) is 0 Å². The second-order valence-corrected chi connectivity index (χ2v) is 4.69. The number of hydrogen-bond donors (Lipinski definition) is 1. The van der Waals surface area contributed by atoms with Crippen LogP contribution < -0.4 is 4.74 Å². The second kappa shape index (κ2) is 5.48. The average molecular weight is 257 g/mol. The lowest BCUT2D eigenvalue weighted by Gasteiger charge is -2.06. The molecule has 0 unspecified atom stereocenters. The molecule has 2 rings (SSSR count). The van der Waals surface area contributed by atoms with Crippen molar-refractivity contribution in [3.63, 3.8) is 0 Å². The first-order chi connectivity index (χ1) is 8.72. The second-order valence-electron chi connectivity index (χ2n) is 3.57. The summed E-state index contributed by atoms with van der Waals surface area (Å²) >= 11 is 1.46. The van der Waals surface area contributed by atoms with Crippen LogP contribution in [-0.2, 0) is 0 Å². The van der Waals surface area contributed by atoms with Crippen molar-refractivity contribution in [1.82, 2.24) is 0 Å². The van der Waals surface area contributed by atoms with Crippen LogP contribution in [0.25, 0.3) is 0 Å². The Hall–Kier alpha value is -2.12. The zero-order chi connectivity index (χ0) is 13.0. The number of nitriles is 1. The van der Waals surface area contributed by atoms with Crippen molar-refractivity contribution in [2.24, 2.45) is 0 Å². The van der Waals surface area contributed by atoms with E-state index < -0.39 is 0 Å². The average Bonchev–Trinajstić information content (AvgIpc) is 2.41. The van der Waals surface area contributed by atoms with Crippen LogP contribution in [0.2, 0.25) is 0 Å². The summed E-state index contributed by atoms with van der Waals surface area (Å²) < 4.78 is 5.15. The molecule has 0 saturated carbocycles. The quantitative estimate of drug-likeness (QED) is 0.915. The third-order valence-electron chi connectivity index (χ3n) is 2.37. The first-order valence-corrected chi connectivity index (χ1v) is 6.09. The first kappa shape index (κ1) is 12.3. The van der Waals surface area contributed by atoms with Gasteiger partial charge in [-0.2, -0.15) is 5.26 Å². The highest BCUT2D eigenvalue weighted by molar-refractivity contribution is 7.99. The molecular weight excluding hydrogens is 246 g/mol.